The molecule has 0 aromatic heterocycles. The molecule has 5 nitrogen and oxygen atoms in total. The van der Waals surface area contributed by atoms with Crippen molar-refractivity contribution in [2.75, 3.05) is 0 Å². The van der Waals surface area contributed by atoms with Crippen LogP contribution < -0.4 is 5.73 Å². The molecule has 110 valence electrons. The van der Waals surface area contributed by atoms with E-state index in [9.17, 15) is 14.0 Å². The maximum Gasteiger partial charge on any atom is 0.516 e. The first-order chi connectivity index (χ1) is 9.17. The van der Waals surface area contributed by atoms with Crippen LogP contribution >= 0.6 is 0 Å². The lowest BCUT2D eigenvalue weighted by Crippen LogP contribution is -2.27. The van der Waals surface area contributed by atoms with Crippen LogP contribution in [-0.2, 0) is 14.3 Å². The molecule has 1 aromatic rings. The van der Waals surface area contributed by atoms with Gasteiger partial charge in [-0.15, -0.1) is 0 Å². The van der Waals surface area contributed by atoms with Crippen LogP contribution in [0.15, 0.2) is 24.3 Å². The first kappa shape index (κ1) is 16.1. The minimum absolute atomic E-state index is 0.203. The SMILES string of the molecule is CC(C)(C)OC(=O)OC(=O)CC(N)c1ccc(F)cc1. The maximum absolute atomic E-state index is 12.7. The molecule has 0 heterocycles. The fourth-order valence-corrected chi connectivity index (χ4v) is 1.41. The number of esters is 1. The average Bonchev–Trinajstić information content (AvgIpc) is 2.26. The van der Waals surface area contributed by atoms with Crippen molar-refractivity contribution in [3.05, 3.63) is 35.6 Å². The van der Waals surface area contributed by atoms with Crippen molar-refractivity contribution in [2.45, 2.75) is 38.8 Å². The van der Waals surface area contributed by atoms with Gasteiger partial charge < -0.3 is 15.2 Å². The average molecular weight is 283 g/mol. The summed E-state index contributed by atoms with van der Waals surface area (Å²) in [5, 5.41) is 0. The first-order valence-corrected chi connectivity index (χ1v) is 6.12. The van der Waals surface area contributed by atoms with Crippen LogP contribution in [0.1, 0.15) is 38.8 Å². The van der Waals surface area contributed by atoms with Gasteiger partial charge in [-0.25, -0.2) is 9.18 Å². The molecular weight excluding hydrogens is 265 g/mol. The van der Waals surface area contributed by atoms with Gasteiger partial charge in [0, 0.05) is 6.04 Å². The third-order valence-corrected chi connectivity index (χ3v) is 2.27. The Morgan fingerprint density at radius 3 is 2.30 bits per heavy atom. The molecule has 1 atom stereocenters. The molecule has 1 unspecified atom stereocenters. The second-order valence-electron chi connectivity index (χ2n) is 5.30. The summed E-state index contributed by atoms with van der Waals surface area (Å²) in [6, 6.07) is 4.76. The number of benzene rings is 1. The summed E-state index contributed by atoms with van der Waals surface area (Å²) in [5.74, 6) is -1.19. The Morgan fingerprint density at radius 1 is 1.25 bits per heavy atom. The zero-order valence-electron chi connectivity index (χ0n) is 11.7. The zero-order valence-corrected chi connectivity index (χ0v) is 11.7. The number of carbonyl (C=O) groups excluding carboxylic acids is 2. The van der Waals surface area contributed by atoms with E-state index in [1.165, 1.54) is 24.3 Å². The van der Waals surface area contributed by atoms with Crippen molar-refractivity contribution in [1.29, 1.82) is 0 Å². The van der Waals surface area contributed by atoms with Gasteiger partial charge in [0.1, 0.15) is 11.4 Å². The largest absolute Gasteiger partial charge is 0.516 e. The normalized spacial score (nSPS) is 12.7. The number of nitrogens with two attached hydrogens (primary N) is 1. The third-order valence-electron chi connectivity index (χ3n) is 2.27. The Kier molecular flexibility index (Phi) is 5.21. The van der Waals surface area contributed by atoms with Crippen molar-refractivity contribution in [3.63, 3.8) is 0 Å². The van der Waals surface area contributed by atoms with E-state index in [-0.39, 0.29) is 6.42 Å². The second-order valence-corrected chi connectivity index (χ2v) is 5.30. The molecule has 1 aromatic carbocycles. The van der Waals surface area contributed by atoms with Crippen molar-refractivity contribution < 1.29 is 23.5 Å². The Hall–Kier alpha value is -1.95. The van der Waals surface area contributed by atoms with E-state index in [4.69, 9.17) is 10.5 Å². The van der Waals surface area contributed by atoms with Gasteiger partial charge in [-0.1, -0.05) is 12.1 Å². The third kappa shape index (κ3) is 5.79. The van der Waals surface area contributed by atoms with Gasteiger partial charge in [0.25, 0.3) is 0 Å². The zero-order chi connectivity index (χ0) is 15.3. The predicted molar refractivity (Wildman–Crippen MR) is 70.3 cm³/mol. The highest BCUT2D eigenvalue weighted by molar-refractivity contribution is 5.82. The first-order valence-electron chi connectivity index (χ1n) is 6.12. The van der Waals surface area contributed by atoms with E-state index in [2.05, 4.69) is 4.74 Å². The minimum Gasteiger partial charge on any atom is -0.428 e. The molecule has 0 radical (unpaired) electrons. The Balaban J connectivity index is 2.50. The Bertz CT molecular complexity index is 479. The van der Waals surface area contributed by atoms with Crippen LogP contribution in [0.4, 0.5) is 9.18 Å². The number of ether oxygens (including phenoxy) is 2. The molecule has 0 fully saturated rings. The summed E-state index contributed by atoms with van der Waals surface area (Å²) in [6.07, 6.45) is -1.26. The topological polar surface area (TPSA) is 78.6 Å². The maximum atomic E-state index is 12.7. The number of hydrogen-bond acceptors (Lipinski definition) is 5. The number of carbonyl (C=O) groups is 2. The standard InChI is InChI=1S/C14H18FNO4/c1-14(2,3)20-13(18)19-12(17)8-11(16)9-4-6-10(15)7-5-9/h4-7,11H,8,16H2,1-3H3. The van der Waals surface area contributed by atoms with Crippen LogP contribution in [0.3, 0.4) is 0 Å². The fourth-order valence-electron chi connectivity index (χ4n) is 1.41. The number of halogens is 1. The van der Waals surface area contributed by atoms with Crippen molar-refractivity contribution in [2.24, 2.45) is 5.73 Å². The van der Waals surface area contributed by atoms with Gasteiger partial charge in [0.05, 0.1) is 6.42 Å². The van der Waals surface area contributed by atoms with Gasteiger partial charge >= 0.3 is 12.1 Å². The molecule has 0 aliphatic rings. The number of rotatable bonds is 3. The number of hydrogen-bond donors (Lipinski definition) is 1. The highest BCUT2D eigenvalue weighted by Crippen LogP contribution is 2.16. The molecule has 20 heavy (non-hydrogen) atoms. The van der Waals surface area contributed by atoms with E-state index in [0.29, 0.717) is 5.56 Å². The Labute approximate surface area is 116 Å². The fraction of sp³-hybridized carbons (Fsp3) is 0.429. The van der Waals surface area contributed by atoms with Gasteiger partial charge in [-0.2, -0.15) is 0 Å². The van der Waals surface area contributed by atoms with Gasteiger partial charge in [-0.05, 0) is 38.5 Å². The quantitative estimate of drug-likeness (QED) is 0.681. The summed E-state index contributed by atoms with van der Waals surface area (Å²) >= 11 is 0. The van der Waals surface area contributed by atoms with E-state index in [0.717, 1.165) is 0 Å². The molecule has 0 saturated heterocycles. The van der Waals surface area contributed by atoms with Crippen molar-refractivity contribution in [1.82, 2.24) is 0 Å². The van der Waals surface area contributed by atoms with Crippen molar-refractivity contribution >= 4 is 12.1 Å². The highest BCUT2D eigenvalue weighted by Gasteiger charge is 2.21. The van der Waals surface area contributed by atoms with Gasteiger partial charge in [0.2, 0.25) is 0 Å². The van der Waals surface area contributed by atoms with E-state index in [1.807, 2.05) is 0 Å². The van der Waals surface area contributed by atoms with E-state index < -0.39 is 29.6 Å². The van der Waals surface area contributed by atoms with E-state index in [1.54, 1.807) is 20.8 Å². The van der Waals surface area contributed by atoms with Gasteiger partial charge in [-0.3, -0.25) is 4.79 Å². The molecule has 0 aliphatic heterocycles. The molecule has 0 amide bonds. The highest BCUT2D eigenvalue weighted by atomic mass is 19.1. The molecule has 1 rings (SSSR count). The smallest absolute Gasteiger partial charge is 0.428 e. The van der Waals surface area contributed by atoms with Crippen LogP contribution in [0.5, 0.6) is 0 Å². The summed E-state index contributed by atoms with van der Waals surface area (Å²) < 4.78 is 22.1. The summed E-state index contributed by atoms with van der Waals surface area (Å²) in [4.78, 5) is 22.8. The molecule has 2 N–H and O–H groups in total. The molecular formula is C14H18FNO4. The molecule has 0 spiro atoms. The van der Waals surface area contributed by atoms with Crippen LogP contribution in [0.25, 0.3) is 0 Å². The second kappa shape index (κ2) is 6.47. The van der Waals surface area contributed by atoms with Gasteiger partial charge in [0.15, 0.2) is 0 Å². The molecule has 0 saturated carbocycles. The lowest BCUT2D eigenvalue weighted by Gasteiger charge is -2.18. The predicted octanol–water partition coefficient (Wildman–Crippen LogP) is 2.69. The lowest BCUT2D eigenvalue weighted by molar-refractivity contribution is -0.141. The van der Waals surface area contributed by atoms with Crippen LogP contribution in [-0.4, -0.2) is 17.7 Å². The molecule has 0 aliphatic carbocycles. The van der Waals surface area contributed by atoms with Crippen LogP contribution in [0.2, 0.25) is 0 Å². The van der Waals surface area contributed by atoms with Crippen LogP contribution in [0, 0.1) is 5.82 Å². The lowest BCUT2D eigenvalue weighted by atomic mass is 10.1. The summed E-state index contributed by atoms with van der Waals surface area (Å²) in [5.41, 5.74) is 5.61. The Morgan fingerprint density at radius 2 is 1.80 bits per heavy atom. The monoisotopic (exact) mass is 283 g/mol. The van der Waals surface area contributed by atoms with E-state index >= 15 is 0 Å². The summed E-state index contributed by atoms with van der Waals surface area (Å²) in [7, 11) is 0. The van der Waals surface area contributed by atoms with Crippen molar-refractivity contribution in [3.8, 4) is 0 Å². The molecule has 0 bridgehead atoms. The minimum atomic E-state index is -1.06. The molecule has 6 heteroatoms. The summed E-state index contributed by atoms with van der Waals surface area (Å²) in [6.45, 7) is 4.97.